The van der Waals surface area contributed by atoms with E-state index in [2.05, 4.69) is 20.1 Å². The summed E-state index contributed by atoms with van der Waals surface area (Å²) in [6, 6.07) is -0.643. The lowest BCUT2D eigenvalue weighted by molar-refractivity contribution is -0.155. The molecule has 0 aromatic rings. The van der Waals surface area contributed by atoms with Gasteiger partial charge in [0.05, 0.1) is 23.2 Å². The second-order valence-electron chi connectivity index (χ2n) is 9.86. The highest BCUT2D eigenvalue weighted by molar-refractivity contribution is 8.02. The normalized spacial score (nSPS) is 31.4. The molecule has 5 atom stereocenters. The first-order valence-corrected chi connectivity index (χ1v) is 13.4. The van der Waals surface area contributed by atoms with E-state index in [-0.39, 0.29) is 31.0 Å². The van der Waals surface area contributed by atoms with Crippen LogP contribution >= 0.6 is 11.8 Å². The summed E-state index contributed by atoms with van der Waals surface area (Å²) in [5.74, 6) is -1.73. The number of fused-ring (bicyclic) bond motifs is 1. The number of esters is 1. The van der Waals surface area contributed by atoms with E-state index in [9.17, 15) is 19.5 Å². The maximum atomic E-state index is 14.0. The van der Waals surface area contributed by atoms with Crippen LogP contribution in [-0.4, -0.2) is 81.1 Å². The second-order valence-corrected chi connectivity index (χ2v) is 11.8. The Hall–Kier alpha value is -1.80. The van der Waals surface area contributed by atoms with E-state index in [4.69, 9.17) is 4.74 Å². The zero-order valence-corrected chi connectivity index (χ0v) is 21.5. The molecule has 0 aromatic carbocycles. The van der Waals surface area contributed by atoms with E-state index in [0.717, 1.165) is 25.7 Å². The number of aliphatic hydroxyl groups is 1. The number of thioether (sulfide) groups is 1. The molecule has 0 saturated carbocycles. The van der Waals surface area contributed by atoms with Gasteiger partial charge in [0, 0.05) is 31.0 Å². The molecule has 2 amide bonds. The lowest BCUT2D eigenvalue weighted by atomic mass is 9.66. The molecular weight excluding hydrogens is 452 g/mol. The van der Waals surface area contributed by atoms with Gasteiger partial charge in [0.2, 0.25) is 11.8 Å². The predicted molar refractivity (Wildman–Crippen MR) is 134 cm³/mol. The zero-order valence-electron chi connectivity index (χ0n) is 20.7. The summed E-state index contributed by atoms with van der Waals surface area (Å²) in [6.07, 6.45) is 8.83. The number of aliphatic hydroxyl groups excluding tert-OH is 1. The van der Waals surface area contributed by atoms with Gasteiger partial charge in [-0.15, -0.1) is 24.9 Å². The van der Waals surface area contributed by atoms with Crippen molar-refractivity contribution in [1.29, 1.82) is 0 Å². The van der Waals surface area contributed by atoms with Crippen molar-refractivity contribution < 1.29 is 24.2 Å². The summed E-state index contributed by atoms with van der Waals surface area (Å²) in [4.78, 5) is 44.6. The Labute approximate surface area is 208 Å². The number of rotatable bonds is 14. The van der Waals surface area contributed by atoms with Crippen molar-refractivity contribution in [2.24, 2.45) is 11.8 Å². The standard InChI is InChI=1S/C26H40N2O5S/c1-5-8-10-15-27(14-7-3)23(31)21-26-13-12-25(4,34-26)20(24(32)33-18-9-6-2)19(26)22(30)28(21)16-11-17-29/h6-7,19-21,29H,2-3,5,8-18H2,1,4H3/t19-,20-,21?,25+,26?/m0/s1. The Morgan fingerprint density at radius 3 is 2.68 bits per heavy atom. The summed E-state index contributed by atoms with van der Waals surface area (Å²) in [5, 5.41) is 9.47. The molecule has 7 nitrogen and oxygen atoms in total. The molecule has 190 valence electrons. The van der Waals surface area contributed by atoms with Crippen LogP contribution in [0.2, 0.25) is 0 Å². The highest BCUT2D eigenvalue weighted by Gasteiger charge is 2.77. The Balaban J connectivity index is 1.96. The number of carbonyl (C=O) groups is 3. The first-order chi connectivity index (χ1) is 16.3. The summed E-state index contributed by atoms with van der Waals surface area (Å²) in [6.45, 7) is 13.2. The number of likely N-dealkylation sites (tertiary alicyclic amines) is 1. The molecule has 3 heterocycles. The van der Waals surface area contributed by atoms with Crippen molar-refractivity contribution in [2.75, 3.05) is 32.8 Å². The summed E-state index contributed by atoms with van der Waals surface area (Å²) in [7, 11) is 0. The molecule has 3 saturated heterocycles. The van der Waals surface area contributed by atoms with E-state index in [0.29, 0.717) is 38.9 Å². The molecule has 8 heteroatoms. The molecule has 34 heavy (non-hydrogen) atoms. The number of nitrogens with zero attached hydrogens (tertiary/aromatic N) is 2. The Bertz CT molecular complexity index is 804. The van der Waals surface area contributed by atoms with Gasteiger partial charge < -0.3 is 19.6 Å². The van der Waals surface area contributed by atoms with Crippen LogP contribution in [-0.2, 0) is 19.1 Å². The van der Waals surface area contributed by atoms with Crippen LogP contribution in [0, 0.1) is 11.8 Å². The van der Waals surface area contributed by atoms with E-state index < -0.39 is 27.4 Å². The van der Waals surface area contributed by atoms with Gasteiger partial charge in [-0.3, -0.25) is 14.4 Å². The molecule has 0 aliphatic carbocycles. The third-order valence-corrected chi connectivity index (χ3v) is 9.57. The molecule has 1 spiro atoms. The maximum absolute atomic E-state index is 14.0. The SMILES string of the molecule is C=CCCOC(=O)[C@@H]1[C@H]2C(=O)N(CCCO)C(C(=O)N(CC=C)CCCCC)C23CC[C@@]1(C)S3. The number of carbonyl (C=O) groups excluding carboxylic acids is 3. The van der Waals surface area contributed by atoms with Crippen LogP contribution in [0.5, 0.6) is 0 Å². The molecule has 1 N–H and O–H groups in total. The van der Waals surface area contributed by atoms with Gasteiger partial charge in [-0.1, -0.05) is 31.9 Å². The highest BCUT2D eigenvalue weighted by Crippen LogP contribution is 2.71. The van der Waals surface area contributed by atoms with Crippen LogP contribution in [0.15, 0.2) is 25.3 Å². The minimum absolute atomic E-state index is 0.0624. The average molecular weight is 493 g/mol. The minimum Gasteiger partial charge on any atom is -0.465 e. The van der Waals surface area contributed by atoms with Crippen molar-refractivity contribution in [3.05, 3.63) is 25.3 Å². The van der Waals surface area contributed by atoms with E-state index in [1.165, 1.54) is 0 Å². The van der Waals surface area contributed by atoms with Gasteiger partial charge in [-0.25, -0.2) is 0 Å². The van der Waals surface area contributed by atoms with Crippen LogP contribution in [0.1, 0.15) is 58.8 Å². The fourth-order valence-corrected chi connectivity index (χ4v) is 8.39. The topological polar surface area (TPSA) is 87.1 Å². The number of hydrogen-bond acceptors (Lipinski definition) is 6. The van der Waals surface area contributed by atoms with Gasteiger partial charge >= 0.3 is 5.97 Å². The monoisotopic (exact) mass is 492 g/mol. The van der Waals surface area contributed by atoms with E-state index >= 15 is 0 Å². The van der Waals surface area contributed by atoms with Gasteiger partial charge in [-0.05, 0) is 39.0 Å². The van der Waals surface area contributed by atoms with Crippen LogP contribution in [0.25, 0.3) is 0 Å². The molecule has 3 aliphatic rings. The van der Waals surface area contributed by atoms with Crippen molar-refractivity contribution in [3.63, 3.8) is 0 Å². The van der Waals surface area contributed by atoms with Crippen molar-refractivity contribution >= 4 is 29.5 Å². The minimum atomic E-state index is -0.648. The lowest BCUT2D eigenvalue weighted by Crippen LogP contribution is -2.55. The molecular formula is C26H40N2O5S. The largest absolute Gasteiger partial charge is 0.465 e. The van der Waals surface area contributed by atoms with Crippen LogP contribution in [0.3, 0.4) is 0 Å². The Morgan fingerprint density at radius 2 is 2.03 bits per heavy atom. The molecule has 3 aliphatic heterocycles. The molecule has 3 fully saturated rings. The molecule has 2 unspecified atom stereocenters. The third-order valence-electron chi connectivity index (χ3n) is 7.58. The van der Waals surface area contributed by atoms with Gasteiger partial charge in [0.15, 0.2) is 0 Å². The average Bonchev–Trinajstić information content (AvgIpc) is 3.37. The van der Waals surface area contributed by atoms with Crippen molar-refractivity contribution in [2.45, 2.75) is 74.3 Å². The molecule has 0 radical (unpaired) electrons. The van der Waals surface area contributed by atoms with Crippen LogP contribution < -0.4 is 0 Å². The first kappa shape index (κ1) is 26.8. The first-order valence-electron chi connectivity index (χ1n) is 12.6. The van der Waals surface area contributed by atoms with Gasteiger partial charge in [-0.2, -0.15) is 0 Å². The maximum Gasteiger partial charge on any atom is 0.311 e. The number of unbranched alkanes of at least 4 members (excludes halogenated alkanes) is 2. The third kappa shape index (κ3) is 4.68. The zero-order chi connectivity index (χ0) is 24.9. The predicted octanol–water partition coefficient (Wildman–Crippen LogP) is 3.17. The number of hydrogen-bond donors (Lipinski definition) is 1. The fraction of sp³-hybridized carbons (Fsp3) is 0.731. The molecule has 3 rings (SSSR count). The van der Waals surface area contributed by atoms with E-state index in [1.807, 2.05) is 11.8 Å². The molecule has 2 bridgehead atoms. The summed E-state index contributed by atoms with van der Waals surface area (Å²) in [5.41, 5.74) is 0. The Morgan fingerprint density at radius 1 is 1.26 bits per heavy atom. The number of ether oxygens (including phenoxy) is 1. The Kier molecular flexibility index (Phi) is 8.90. The quantitative estimate of drug-likeness (QED) is 0.228. The second kappa shape index (κ2) is 11.3. The van der Waals surface area contributed by atoms with Gasteiger partial charge in [0.1, 0.15) is 6.04 Å². The fourth-order valence-electron chi connectivity index (χ4n) is 6.05. The van der Waals surface area contributed by atoms with Gasteiger partial charge in [0.25, 0.3) is 0 Å². The molecule has 0 aromatic heterocycles. The highest BCUT2D eigenvalue weighted by atomic mass is 32.2. The smallest absolute Gasteiger partial charge is 0.311 e. The van der Waals surface area contributed by atoms with Crippen molar-refractivity contribution in [3.8, 4) is 0 Å². The van der Waals surface area contributed by atoms with E-state index in [1.54, 1.807) is 28.8 Å². The van der Waals surface area contributed by atoms with Crippen molar-refractivity contribution in [1.82, 2.24) is 9.80 Å². The number of amides is 2. The lowest BCUT2D eigenvalue weighted by Gasteiger charge is -2.37. The van der Waals surface area contributed by atoms with Crippen LogP contribution in [0.4, 0.5) is 0 Å². The summed E-state index contributed by atoms with van der Waals surface area (Å²) >= 11 is 1.65. The summed E-state index contributed by atoms with van der Waals surface area (Å²) < 4.78 is 4.48.